The summed E-state index contributed by atoms with van der Waals surface area (Å²) in [4.78, 5) is 35.2. The van der Waals surface area contributed by atoms with E-state index in [9.17, 15) is 34.8 Å². The van der Waals surface area contributed by atoms with Gasteiger partial charge in [-0.3, -0.25) is 14.4 Å². The third kappa shape index (κ3) is 2.94. The van der Waals surface area contributed by atoms with E-state index in [0.29, 0.717) is 6.42 Å². The molecule has 1 saturated carbocycles. The average Bonchev–Trinajstić information content (AvgIpc) is 2.45. The molecule has 4 atom stereocenters. The quantitative estimate of drug-likeness (QED) is 0.272. The maximum Gasteiger partial charge on any atom is 0.240 e. The topological polar surface area (TPSA) is 152 Å². The summed E-state index contributed by atoms with van der Waals surface area (Å²) >= 11 is 0. The number of hydrogen-bond donors (Lipinski definition) is 5. The molecule has 8 heteroatoms. The molecule has 5 N–H and O–H groups in total. The number of carbonyl (C=O) groups excluding carboxylic acids is 3. The van der Waals surface area contributed by atoms with Crippen LogP contribution in [-0.4, -0.2) is 73.4 Å². The van der Waals surface area contributed by atoms with Gasteiger partial charge in [-0.05, 0) is 12.8 Å². The minimum Gasteiger partial charge on any atom is -0.394 e. The molecule has 0 saturated heterocycles. The van der Waals surface area contributed by atoms with E-state index in [1.54, 1.807) is 0 Å². The largest absolute Gasteiger partial charge is 0.394 e. The minimum absolute atomic E-state index is 0.167. The van der Waals surface area contributed by atoms with Crippen molar-refractivity contribution in [1.29, 1.82) is 0 Å². The van der Waals surface area contributed by atoms with E-state index in [0.717, 1.165) is 0 Å². The Balaban J connectivity index is 3.13. The molecular formula is C12H18O8. The molecule has 0 bridgehead atoms. The molecule has 0 aromatic carbocycles. The summed E-state index contributed by atoms with van der Waals surface area (Å²) in [6, 6.07) is 0. The Hall–Kier alpha value is -1.19. The average molecular weight is 290 g/mol. The second kappa shape index (κ2) is 6.51. The van der Waals surface area contributed by atoms with Gasteiger partial charge in [0.15, 0.2) is 5.78 Å². The number of Topliss-reactive ketones (excluding diaryl/α,β-unsaturated/α-hetero) is 3. The third-order valence-corrected chi connectivity index (χ3v) is 3.42. The summed E-state index contributed by atoms with van der Waals surface area (Å²) in [5.74, 6) is -3.61. The first-order valence-electron chi connectivity index (χ1n) is 6.25. The standard InChI is InChI=1S/C12H18O8/c13-5-7(15)9(17)11(19)12(20)8(16)4-2-1-3-6(14)10(12)18/h7,9,11,13,15,17,19-20H,1-5H2/t7-,9-,11+,12+/m1/s1. The molecule has 1 aliphatic carbocycles. The first-order chi connectivity index (χ1) is 9.26. The molecular weight excluding hydrogens is 272 g/mol. The SMILES string of the molecule is O=C1CCCCC(=O)[C@@](O)([C@@H](O)[C@H](O)[C@H](O)CO)C1=O. The molecule has 0 heterocycles. The van der Waals surface area contributed by atoms with Crippen LogP contribution in [0.1, 0.15) is 25.7 Å². The first-order valence-corrected chi connectivity index (χ1v) is 6.25. The van der Waals surface area contributed by atoms with Crippen molar-refractivity contribution in [2.24, 2.45) is 0 Å². The fourth-order valence-corrected chi connectivity index (χ4v) is 2.08. The lowest BCUT2D eigenvalue weighted by atomic mass is 9.77. The smallest absolute Gasteiger partial charge is 0.240 e. The molecule has 0 unspecified atom stereocenters. The summed E-state index contributed by atoms with van der Waals surface area (Å²) in [6.45, 7) is -0.954. The van der Waals surface area contributed by atoms with Gasteiger partial charge in [0.05, 0.1) is 6.61 Å². The molecule has 1 rings (SSSR count). The molecule has 0 aromatic rings. The van der Waals surface area contributed by atoms with Gasteiger partial charge in [-0.25, -0.2) is 0 Å². The molecule has 0 spiro atoms. The molecule has 0 amide bonds. The Morgan fingerprint density at radius 1 is 1.05 bits per heavy atom. The molecule has 8 nitrogen and oxygen atoms in total. The Kier molecular flexibility index (Phi) is 5.49. The predicted octanol–water partition coefficient (Wildman–Crippen LogP) is -2.93. The van der Waals surface area contributed by atoms with Crippen molar-refractivity contribution >= 4 is 17.3 Å². The van der Waals surface area contributed by atoms with Gasteiger partial charge >= 0.3 is 0 Å². The zero-order valence-electron chi connectivity index (χ0n) is 10.7. The van der Waals surface area contributed by atoms with Gasteiger partial charge < -0.3 is 25.5 Å². The Bertz CT molecular complexity index is 406. The first kappa shape index (κ1) is 16.9. The van der Waals surface area contributed by atoms with E-state index in [-0.39, 0.29) is 19.3 Å². The van der Waals surface area contributed by atoms with Crippen LogP contribution in [-0.2, 0) is 14.4 Å². The van der Waals surface area contributed by atoms with E-state index in [2.05, 4.69) is 0 Å². The van der Waals surface area contributed by atoms with Crippen LogP contribution >= 0.6 is 0 Å². The lowest BCUT2D eigenvalue weighted by molar-refractivity contribution is -0.183. The highest BCUT2D eigenvalue weighted by Crippen LogP contribution is 2.25. The molecule has 1 aliphatic rings. The monoisotopic (exact) mass is 290 g/mol. The van der Waals surface area contributed by atoms with Gasteiger partial charge in [-0.1, -0.05) is 0 Å². The van der Waals surface area contributed by atoms with Crippen molar-refractivity contribution in [3.05, 3.63) is 0 Å². The normalized spacial score (nSPS) is 29.6. The van der Waals surface area contributed by atoms with Crippen LogP contribution in [0.15, 0.2) is 0 Å². The Morgan fingerprint density at radius 3 is 2.15 bits per heavy atom. The van der Waals surface area contributed by atoms with Crippen molar-refractivity contribution in [2.75, 3.05) is 6.61 Å². The fourth-order valence-electron chi connectivity index (χ4n) is 2.08. The van der Waals surface area contributed by atoms with Crippen molar-refractivity contribution in [3.8, 4) is 0 Å². The van der Waals surface area contributed by atoms with Crippen LogP contribution < -0.4 is 0 Å². The number of hydrogen-bond acceptors (Lipinski definition) is 8. The van der Waals surface area contributed by atoms with E-state index in [1.807, 2.05) is 0 Å². The van der Waals surface area contributed by atoms with Crippen LogP contribution in [0, 0.1) is 0 Å². The number of carbonyl (C=O) groups is 3. The summed E-state index contributed by atoms with van der Waals surface area (Å²) in [5.41, 5.74) is -3.09. The van der Waals surface area contributed by atoms with Gasteiger partial charge in [0.1, 0.15) is 18.3 Å². The fraction of sp³-hybridized carbons (Fsp3) is 0.750. The van der Waals surface area contributed by atoms with Crippen LogP contribution in [0.2, 0.25) is 0 Å². The van der Waals surface area contributed by atoms with Crippen LogP contribution in [0.4, 0.5) is 0 Å². The highest BCUT2D eigenvalue weighted by Gasteiger charge is 2.55. The third-order valence-electron chi connectivity index (χ3n) is 3.42. The maximum atomic E-state index is 11.9. The van der Waals surface area contributed by atoms with Crippen molar-refractivity contribution in [2.45, 2.75) is 49.6 Å². The zero-order valence-corrected chi connectivity index (χ0v) is 10.7. The van der Waals surface area contributed by atoms with Gasteiger partial charge in [0.2, 0.25) is 17.2 Å². The van der Waals surface area contributed by atoms with Crippen molar-refractivity contribution < 1.29 is 39.9 Å². The second-order valence-electron chi connectivity index (χ2n) is 4.83. The summed E-state index contributed by atoms with van der Waals surface area (Å²) in [6.07, 6.45) is -6.25. The number of ketones is 3. The highest BCUT2D eigenvalue weighted by atomic mass is 16.4. The molecule has 0 aliphatic heterocycles. The number of rotatable bonds is 4. The van der Waals surface area contributed by atoms with Crippen LogP contribution in [0.3, 0.4) is 0 Å². The van der Waals surface area contributed by atoms with E-state index >= 15 is 0 Å². The number of aliphatic hydroxyl groups is 5. The van der Waals surface area contributed by atoms with Gasteiger partial charge in [-0.15, -0.1) is 0 Å². The maximum absolute atomic E-state index is 11.9. The highest BCUT2D eigenvalue weighted by molar-refractivity contribution is 6.45. The van der Waals surface area contributed by atoms with Gasteiger partial charge in [0.25, 0.3) is 0 Å². The van der Waals surface area contributed by atoms with Crippen molar-refractivity contribution in [1.82, 2.24) is 0 Å². The lowest BCUT2D eigenvalue weighted by Gasteiger charge is -2.34. The van der Waals surface area contributed by atoms with Crippen LogP contribution in [0.5, 0.6) is 0 Å². The van der Waals surface area contributed by atoms with Gasteiger partial charge in [-0.2, -0.15) is 0 Å². The Morgan fingerprint density at radius 2 is 1.60 bits per heavy atom. The summed E-state index contributed by atoms with van der Waals surface area (Å²) in [7, 11) is 0. The predicted molar refractivity (Wildman–Crippen MR) is 63.5 cm³/mol. The molecule has 114 valence electrons. The van der Waals surface area contributed by atoms with Crippen molar-refractivity contribution in [3.63, 3.8) is 0 Å². The molecule has 1 fully saturated rings. The molecule has 0 aromatic heterocycles. The molecule has 0 radical (unpaired) electrons. The van der Waals surface area contributed by atoms with Crippen LogP contribution in [0.25, 0.3) is 0 Å². The van der Waals surface area contributed by atoms with E-state index in [4.69, 9.17) is 5.11 Å². The second-order valence-corrected chi connectivity index (χ2v) is 4.83. The molecule has 20 heavy (non-hydrogen) atoms. The summed E-state index contributed by atoms with van der Waals surface area (Å²) in [5, 5.41) is 47.4. The Labute approximate surface area is 114 Å². The van der Waals surface area contributed by atoms with Gasteiger partial charge in [0, 0.05) is 12.8 Å². The van der Waals surface area contributed by atoms with E-state index in [1.165, 1.54) is 0 Å². The zero-order chi connectivity index (χ0) is 15.5. The minimum atomic E-state index is -3.09. The number of aliphatic hydroxyl groups excluding tert-OH is 4. The van der Waals surface area contributed by atoms with E-state index < -0.39 is 47.9 Å². The lowest BCUT2D eigenvalue weighted by Crippen LogP contribution is -2.64. The summed E-state index contributed by atoms with van der Waals surface area (Å²) < 4.78 is 0.